The molecule has 0 aliphatic carbocycles. The van der Waals surface area contributed by atoms with Crippen LogP contribution in [0.1, 0.15) is 15.9 Å². The lowest BCUT2D eigenvalue weighted by atomic mass is 10.2. The quantitative estimate of drug-likeness (QED) is 0.269. The highest BCUT2D eigenvalue weighted by atomic mass is 127. The molecule has 0 bridgehead atoms. The zero-order valence-corrected chi connectivity index (χ0v) is 18.9. The minimum absolute atomic E-state index is 0.0117. The second-order valence-corrected chi connectivity index (χ2v) is 9.25. The summed E-state index contributed by atoms with van der Waals surface area (Å²) < 4.78 is 67.1. The number of alkyl halides is 2. The van der Waals surface area contributed by atoms with E-state index in [0.717, 1.165) is 0 Å². The van der Waals surface area contributed by atoms with Gasteiger partial charge in [-0.25, -0.2) is 4.79 Å². The number of hydrogen-bond donors (Lipinski definition) is 2. The van der Waals surface area contributed by atoms with Crippen molar-refractivity contribution in [3.63, 3.8) is 0 Å². The SMILES string of the molecule is O=C(OCC(F)(F)S(=O)(=O)O)c1ccccc1OCc1cc(I)c(O)c(I)c1. The Morgan fingerprint density at radius 2 is 1.71 bits per heavy atom. The average molecular weight is 640 g/mol. The van der Waals surface area contributed by atoms with Gasteiger partial charge in [-0.1, -0.05) is 12.1 Å². The fourth-order valence-electron chi connectivity index (χ4n) is 1.93. The van der Waals surface area contributed by atoms with Crippen molar-refractivity contribution in [2.24, 2.45) is 0 Å². The molecule has 0 spiro atoms. The van der Waals surface area contributed by atoms with Crippen LogP contribution in [0, 0.1) is 7.14 Å². The third-order valence-electron chi connectivity index (χ3n) is 3.33. The zero-order valence-electron chi connectivity index (χ0n) is 13.7. The molecule has 152 valence electrons. The summed E-state index contributed by atoms with van der Waals surface area (Å²) in [5, 5.41) is 5.15. The predicted octanol–water partition coefficient (Wildman–Crippen LogP) is 3.82. The van der Waals surface area contributed by atoms with Gasteiger partial charge in [0.1, 0.15) is 23.7 Å². The summed E-state index contributed by atoms with van der Waals surface area (Å²) in [5.41, 5.74) is 0.490. The highest BCUT2D eigenvalue weighted by Crippen LogP contribution is 2.29. The first kappa shape index (κ1) is 23.0. The molecule has 2 aromatic carbocycles. The first-order valence-electron chi connectivity index (χ1n) is 7.33. The lowest BCUT2D eigenvalue weighted by molar-refractivity contribution is -0.00973. The topological polar surface area (TPSA) is 110 Å². The van der Waals surface area contributed by atoms with Gasteiger partial charge in [-0.2, -0.15) is 17.2 Å². The number of carbonyl (C=O) groups is 1. The minimum atomic E-state index is -5.71. The second kappa shape index (κ2) is 9.04. The number of rotatable bonds is 7. The van der Waals surface area contributed by atoms with Crippen molar-refractivity contribution >= 4 is 61.3 Å². The highest BCUT2D eigenvalue weighted by Gasteiger charge is 2.45. The Morgan fingerprint density at radius 3 is 2.29 bits per heavy atom. The molecule has 0 aliphatic rings. The summed E-state index contributed by atoms with van der Waals surface area (Å²) in [4.78, 5) is 12.1. The van der Waals surface area contributed by atoms with E-state index >= 15 is 0 Å². The third-order valence-corrected chi connectivity index (χ3v) is 5.84. The minimum Gasteiger partial charge on any atom is -0.506 e. The van der Waals surface area contributed by atoms with Crippen LogP contribution in [0.5, 0.6) is 11.5 Å². The van der Waals surface area contributed by atoms with Crippen molar-refractivity contribution in [1.29, 1.82) is 0 Å². The van der Waals surface area contributed by atoms with Crippen LogP contribution in [0.25, 0.3) is 0 Å². The number of hydrogen-bond acceptors (Lipinski definition) is 6. The fraction of sp³-hybridized carbons (Fsp3) is 0.188. The van der Waals surface area contributed by atoms with Gasteiger partial charge in [0.05, 0.1) is 7.14 Å². The first-order chi connectivity index (χ1) is 12.9. The van der Waals surface area contributed by atoms with Gasteiger partial charge in [0, 0.05) is 0 Å². The van der Waals surface area contributed by atoms with Crippen molar-refractivity contribution in [2.45, 2.75) is 11.9 Å². The smallest absolute Gasteiger partial charge is 0.402 e. The molecule has 2 aromatic rings. The molecule has 2 rings (SSSR count). The molecule has 12 heteroatoms. The summed E-state index contributed by atoms with van der Waals surface area (Å²) in [6.07, 6.45) is 0. The molecule has 0 atom stereocenters. The molecule has 0 fully saturated rings. The molecule has 7 nitrogen and oxygen atoms in total. The van der Waals surface area contributed by atoms with E-state index < -0.39 is 27.9 Å². The molecule has 0 aliphatic heterocycles. The lowest BCUT2D eigenvalue weighted by Crippen LogP contribution is -2.34. The number of aromatic hydroxyl groups is 1. The third kappa shape index (κ3) is 5.64. The number of ether oxygens (including phenoxy) is 2. The van der Waals surface area contributed by atoms with Crippen LogP contribution >= 0.6 is 45.2 Å². The lowest BCUT2D eigenvalue weighted by Gasteiger charge is -2.15. The van der Waals surface area contributed by atoms with Gasteiger partial charge in [-0.15, -0.1) is 0 Å². The van der Waals surface area contributed by atoms with E-state index in [0.29, 0.717) is 12.7 Å². The number of para-hydroxylation sites is 1. The van der Waals surface area contributed by atoms with E-state index in [4.69, 9.17) is 9.29 Å². The number of halogens is 4. The predicted molar refractivity (Wildman–Crippen MR) is 111 cm³/mol. The molecule has 0 saturated carbocycles. The number of carbonyl (C=O) groups excluding carboxylic acids is 1. The van der Waals surface area contributed by atoms with Crippen LogP contribution in [0.15, 0.2) is 36.4 Å². The van der Waals surface area contributed by atoms with Gasteiger partial charge in [-0.3, -0.25) is 4.55 Å². The van der Waals surface area contributed by atoms with Crippen LogP contribution in [-0.2, 0) is 21.5 Å². The van der Waals surface area contributed by atoms with Crippen LogP contribution in [0.2, 0.25) is 0 Å². The molecule has 0 aromatic heterocycles. The monoisotopic (exact) mass is 640 g/mol. The summed E-state index contributed by atoms with van der Waals surface area (Å²) in [7, 11) is -5.71. The molecule has 0 saturated heterocycles. The Labute approximate surface area is 186 Å². The molecule has 28 heavy (non-hydrogen) atoms. The van der Waals surface area contributed by atoms with E-state index in [2.05, 4.69) is 4.74 Å². The largest absolute Gasteiger partial charge is 0.506 e. The van der Waals surface area contributed by atoms with Crippen molar-refractivity contribution < 1.29 is 41.1 Å². The zero-order chi connectivity index (χ0) is 21.1. The van der Waals surface area contributed by atoms with Gasteiger partial charge in [-0.05, 0) is 75.0 Å². The Balaban J connectivity index is 2.13. The van der Waals surface area contributed by atoms with E-state index in [1.165, 1.54) is 18.2 Å². The number of phenolic OH excluding ortho intramolecular Hbond substituents is 1. The number of phenols is 1. The van der Waals surface area contributed by atoms with Crippen molar-refractivity contribution in [1.82, 2.24) is 0 Å². The van der Waals surface area contributed by atoms with Crippen LogP contribution < -0.4 is 4.74 Å². The molecule has 0 unspecified atom stereocenters. The first-order valence-corrected chi connectivity index (χ1v) is 10.9. The molecular formula is C16H12F2I2O7S. The van der Waals surface area contributed by atoms with Gasteiger partial charge in [0.25, 0.3) is 0 Å². The normalized spacial score (nSPS) is 11.9. The van der Waals surface area contributed by atoms with Crippen molar-refractivity contribution in [3.8, 4) is 11.5 Å². The maximum atomic E-state index is 13.2. The van der Waals surface area contributed by atoms with Gasteiger partial charge in [0.15, 0.2) is 6.61 Å². The summed E-state index contributed by atoms with van der Waals surface area (Å²) >= 11 is 3.89. The van der Waals surface area contributed by atoms with E-state index in [-0.39, 0.29) is 23.7 Å². The van der Waals surface area contributed by atoms with Gasteiger partial charge >= 0.3 is 21.3 Å². The van der Waals surface area contributed by atoms with Crippen molar-refractivity contribution in [3.05, 3.63) is 54.7 Å². The van der Waals surface area contributed by atoms with Crippen LogP contribution in [0.4, 0.5) is 8.78 Å². The Kier molecular flexibility index (Phi) is 7.44. The molecule has 0 amide bonds. The molecule has 0 heterocycles. The summed E-state index contributed by atoms with van der Waals surface area (Å²) in [5.74, 6) is -1.08. The standard InChI is InChI=1S/C16H12F2I2O7S/c17-16(18,28(23,24)25)8-27-15(22)10-3-1-2-4-13(10)26-7-9-5-11(19)14(21)12(20)6-9/h1-6,21H,7-8H2,(H,23,24,25). The van der Waals surface area contributed by atoms with E-state index in [1.54, 1.807) is 18.2 Å². The fourth-order valence-corrected chi connectivity index (χ4v) is 4.03. The van der Waals surface area contributed by atoms with Crippen LogP contribution in [0.3, 0.4) is 0 Å². The average Bonchev–Trinajstić information content (AvgIpc) is 2.61. The highest BCUT2D eigenvalue weighted by molar-refractivity contribution is 14.1. The Hall–Kier alpha value is -1.26. The van der Waals surface area contributed by atoms with Gasteiger partial charge in [0.2, 0.25) is 0 Å². The number of esters is 1. The summed E-state index contributed by atoms with van der Waals surface area (Å²) in [6.45, 7) is -1.83. The second-order valence-electron chi connectivity index (χ2n) is 5.38. The van der Waals surface area contributed by atoms with Gasteiger partial charge < -0.3 is 14.6 Å². The maximum absolute atomic E-state index is 13.2. The van der Waals surface area contributed by atoms with E-state index in [9.17, 15) is 27.1 Å². The molecular weight excluding hydrogens is 628 g/mol. The van der Waals surface area contributed by atoms with E-state index in [1.807, 2.05) is 45.2 Å². The summed E-state index contributed by atoms with van der Waals surface area (Å²) in [6, 6.07) is 9.00. The molecule has 2 N–H and O–H groups in total. The number of benzene rings is 2. The van der Waals surface area contributed by atoms with Crippen molar-refractivity contribution in [2.75, 3.05) is 6.61 Å². The Bertz CT molecular complexity index is 973. The van der Waals surface area contributed by atoms with Crippen LogP contribution in [-0.4, -0.2) is 35.9 Å². The molecule has 0 radical (unpaired) electrons. The maximum Gasteiger partial charge on any atom is 0.402 e. The Morgan fingerprint density at radius 1 is 1.14 bits per heavy atom.